The van der Waals surface area contributed by atoms with Crippen molar-refractivity contribution in [2.45, 2.75) is 51.0 Å². The number of amides is 1. The SMILES string of the molecule is O=C(NC1CCCCCCC1)c1ccc([N+](=O)[O-])c(Cl)c1. The van der Waals surface area contributed by atoms with Crippen LogP contribution in [0, 0.1) is 10.1 Å². The lowest BCUT2D eigenvalue weighted by Gasteiger charge is -2.21. The predicted octanol–water partition coefficient (Wildman–Crippen LogP) is 4.09. The van der Waals surface area contributed by atoms with Gasteiger partial charge in [-0.1, -0.05) is 43.7 Å². The van der Waals surface area contributed by atoms with Gasteiger partial charge in [0.25, 0.3) is 11.6 Å². The number of carbonyl (C=O) groups excluding carboxylic acids is 1. The Kier molecular flexibility index (Phi) is 5.56. The van der Waals surface area contributed by atoms with E-state index in [9.17, 15) is 14.9 Å². The van der Waals surface area contributed by atoms with Crippen molar-refractivity contribution in [1.29, 1.82) is 0 Å². The van der Waals surface area contributed by atoms with Gasteiger partial charge in [-0.25, -0.2) is 0 Å². The first kappa shape index (κ1) is 15.8. The number of rotatable bonds is 3. The lowest BCUT2D eigenvalue weighted by atomic mass is 9.96. The maximum Gasteiger partial charge on any atom is 0.287 e. The summed E-state index contributed by atoms with van der Waals surface area (Å²) in [5.41, 5.74) is 0.187. The van der Waals surface area contributed by atoms with E-state index in [1.807, 2.05) is 0 Å². The summed E-state index contributed by atoms with van der Waals surface area (Å²) in [4.78, 5) is 22.4. The summed E-state index contributed by atoms with van der Waals surface area (Å²) in [6, 6.07) is 4.27. The highest BCUT2D eigenvalue weighted by atomic mass is 35.5. The Hall–Kier alpha value is -1.62. The molecule has 21 heavy (non-hydrogen) atoms. The fourth-order valence-corrected chi connectivity index (χ4v) is 2.91. The van der Waals surface area contributed by atoms with Crippen LogP contribution in [0.5, 0.6) is 0 Å². The van der Waals surface area contributed by atoms with Crippen molar-refractivity contribution in [1.82, 2.24) is 5.32 Å². The van der Waals surface area contributed by atoms with Gasteiger partial charge < -0.3 is 5.32 Å². The van der Waals surface area contributed by atoms with Crippen LogP contribution in [0.1, 0.15) is 55.3 Å². The molecule has 5 nitrogen and oxygen atoms in total. The van der Waals surface area contributed by atoms with Crippen LogP contribution in [0.15, 0.2) is 18.2 Å². The van der Waals surface area contributed by atoms with Gasteiger partial charge in [0.15, 0.2) is 0 Å². The van der Waals surface area contributed by atoms with Gasteiger partial charge in [0.2, 0.25) is 0 Å². The lowest BCUT2D eigenvalue weighted by molar-refractivity contribution is -0.384. The maximum atomic E-state index is 12.2. The van der Waals surface area contributed by atoms with Gasteiger partial charge in [-0.2, -0.15) is 0 Å². The fourth-order valence-electron chi connectivity index (χ4n) is 2.67. The summed E-state index contributed by atoms with van der Waals surface area (Å²) in [6.07, 6.45) is 7.96. The Morgan fingerprint density at radius 3 is 2.38 bits per heavy atom. The molecule has 1 fully saturated rings. The number of nitrogens with one attached hydrogen (secondary N) is 1. The zero-order valence-corrected chi connectivity index (χ0v) is 12.6. The van der Waals surface area contributed by atoms with Gasteiger partial charge in [-0.3, -0.25) is 14.9 Å². The van der Waals surface area contributed by atoms with Crippen LogP contribution in [0.25, 0.3) is 0 Å². The van der Waals surface area contributed by atoms with Gasteiger partial charge >= 0.3 is 0 Å². The van der Waals surface area contributed by atoms with E-state index in [1.165, 1.54) is 37.5 Å². The fraction of sp³-hybridized carbons (Fsp3) is 0.533. The Morgan fingerprint density at radius 2 is 1.81 bits per heavy atom. The van der Waals surface area contributed by atoms with Crippen molar-refractivity contribution in [2.75, 3.05) is 0 Å². The molecule has 1 saturated carbocycles. The summed E-state index contributed by atoms with van der Waals surface area (Å²) in [5, 5.41) is 13.7. The number of nitro groups is 1. The molecule has 0 atom stereocenters. The van der Waals surface area contributed by atoms with E-state index in [0.29, 0.717) is 5.56 Å². The molecule has 0 aliphatic heterocycles. The third kappa shape index (κ3) is 4.43. The van der Waals surface area contributed by atoms with Crippen LogP contribution >= 0.6 is 11.6 Å². The molecule has 1 aliphatic carbocycles. The molecular weight excluding hydrogens is 292 g/mol. The number of nitro benzene ring substituents is 1. The quantitative estimate of drug-likeness (QED) is 0.675. The lowest BCUT2D eigenvalue weighted by Crippen LogP contribution is -2.35. The number of nitrogens with zero attached hydrogens (tertiary/aromatic N) is 1. The summed E-state index contributed by atoms with van der Waals surface area (Å²) in [6.45, 7) is 0. The minimum Gasteiger partial charge on any atom is -0.349 e. The van der Waals surface area contributed by atoms with E-state index in [2.05, 4.69) is 5.32 Å². The molecule has 0 heterocycles. The second kappa shape index (κ2) is 7.41. The van der Waals surface area contributed by atoms with E-state index in [1.54, 1.807) is 0 Å². The highest BCUT2D eigenvalue weighted by Gasteiger charge is 2.18. The van der Waals surface area contributed by atoms with Gasteiger partial charge in [-0.15, -0.1) is 0 Å². The molecule has 1 aliphatic rings. The molecule has 0 bridgehead atoms. The third-order valence-electron chi connectivity index (χ3n) is 3.85. The second-order valence-electron chi connectivity index (χ2n) is 5.44. The minimum absolute atomic E-state index is 0.00897. The number of carbonyl (C=O) groups is 1. The van der Waals surface area contributed by atoms with Crippen LogP contribution in [-0.4, -0.2) is 16.9 Å². The molecule has 114 valence electrons. The first-order valence-corrected chi connectivity index (χ1v) is 7.70. The Morgan fingerprint density at radius 1 is 1.19 bits per heavy atom. The molecule has 6 heteroatoms. The molecule has 0 spiro atoms. The number of hydrogen-bond donors (Lipinski definition) is 1. The number of benzene rings is 1. The largest absolute Gasteiger partial charge is 0.349 e. The maximum absolute atomic E-state index is 12.2. The van der Waals surface area contributed by atoms with Gasteiger partial charge in [-0.05, 0) is 25.0 Å². The smallest absolute Gasteiger partial charge is 0.287 e. The average Bonchev–Trinajstić information content (AvgIpc) is 2.41. The van der Waals surface area contributed by atoms with Crippen LogP contribution in [0.2, 0.25) is 5.02 Å². The summed E-state index contributed by atoms with van der Waals surface area (Å²) >= 11 is 5.84. The molecule has 1 amide bonds. The monoisotopic (exact) mass is 310 g/mol. The van der Waals surface area contributed by atoms with Crippen LogP contribution < -0.4 is 5.32 Å². The van der Waals surface area contributed by atoms with E-state index in [0.717, 1.165) is 25.7 Å². The van der Waals surface area contributed by atoms with Crippen molar-refractivity contribution in [3.63, 3.8) is 0 Å². The summed E-state index contributed by atoms with van der Waals surface area (Å²) < 4.78 is 0. The number of hydrogen-bond acceptors (Lipinski definition) is 3. The van der Waals surface area contributed by atoms with Crippen molar-refractivity contribution in [2.24, 2.45) is 0 Å². The first-order chi connectivity index (χ1) is 10.1. The normalized spacial score (nSPS) is 16.8. The molecule has 1 aromatic rings. The molecular formula is C15H19ClN2O3. The van der Waals surface area contributed by atoms with Crippen LogP contribution in [0.4, 0.5) is 5.69 Å². The summed E-state index contributed by atoms with van der Waals surface area (Å²) in [7, 11) is 0. The van der Waals surface area contributed by atoms with E-state index in [4.69, 9.17) is 11.6 Å². The van der Waals surface area contributed by atoms with Crippen molar-refractivity contribution in [3.8, 4) is 0 Å². The highest BCUT2D eigenvalue weighted by molar-refractivity contribution is 6.33. The third-order valence-corrected chi connectivity index (χ3v) is 4.15. The standard InChI is InChI=1S/C15H19ClN2O3/c16-13-10-11(8-9-14(13)18(20)21)15(19)17-12-6-4-2-1-3-5-7-12/h8-10,12H,1-7H2,(H,17,19). The summed E-state index contributed by atoms with van der Waals surface area (Å²) in [5.74, 6) is -0.211. The zero-order chi connectivity index (χ0) is 15.2. The second-order valence-corrected chi connectivity index (χ2v) is 5.85. The molecule has 1 N–H and O–H groups in total. The molecule has 2 rings (SSSR count). The van der Waals surface area contributed by atoms with E-state index >= 15 is 0 Å². The molecule has 0 unspecified atom stereocenters. The van der Waals surface area contributed by atoms with E-state index in [-0.39, 0.29) is 22.7 Å². The number of halogens is 1. The Balaban J connectivity index is 2.02. The first-order valence-electron chi connectivity index (χ1n) is 7.33. The van der Waals surface area contributed by atoms with Gasteiger partial charge in [0.1, 0.15) is 5.02 Å². The molecule has 0 aromatic heterocycles. The van der Waals surface area contributed by atoms with Crippen molar-refractivity contribution >= 4 is 23.2 Å². The van der Waals surface area contributed by atoms with Crippen molar-refractivity contribution in [3.05, 3.63) is 38.9 Å². The molecule has 0 saturated heterocycles. The Bertz CT molecular complexity index is 526. The average molecular weight is 311 g/mol. The van der Waals surface area contributed by atoms with Crippen LogP contribution in [0.3, 0.4) is 0 Å². The highest BCUT2D eigenvalue weighted by Crippen LogP contribution is 2.25. The van der Waals surface area contributed by atoms with Crippen molar-refractivity contribution < 1.29 is 9.72 Å². The van der Waals surface area contributed by atoms with Gasteiger partial charge in [0, 0.05) is 17.7 Å². The van der Waals surface area contributed by atoms with E-state index < -0.39 is 4.92 Å². The Labute approximate surface area is 128 Å². The minimum atomic E-state index is -0.557. The van der Waals surface area contributed by atoms with Gasteiger partial charge in [0.05, 0.1) is 4.92 Å². The molecule has 1 aromatic carbocycles. The molecule has 0 radical (unpaired) electrons. The topological polar surface area (TPSA) is 72.2 Å². The zero-order valence-electron chi connectivity index (χ0n) is 11.8. The predicted molar refractivity (Wildman–Crippen MR) is 81.7 cm³/mol. The van der Waals surface area contributed by atoms with Crippen LogP contribution in [-0.2, 0) is 0 Å².